The second kappa shape index (κ2) is 6.15. The summed E-state index contributed by atoms with van der Waals surface area (Å²) in [5, 5.41) is 9.09. The molecule has 4 rings (SSSR count). The lowest BCUT2D eigenvalue weighted by molar-refractivity contribution is 0.338. The number of thiophene rings is 2. The second-order valence-electron chi connectivity index (χ2n) is 6.72. The van der Waals surface area contributed by atoms with E-state index in [1.54, 1.807) is 22.7 Å². The molecule has 0 aliphatic heterocycles. The highest BCUT2D eigenvalue weighted by atomic mass is 32.1. The molecule has 2 heterocycles. The maximum absolute atomic E-state index is 5.62. The molecule has 0 aromatic carbocycles. The predicted molar refractivity (Wildman–Crippen MR) is 104 cm³/mol. The largest absolute Gasteiger partial charge is 0.151 e. The van der Waals surface area contributed by atoms with E-state index in [4.69, 9.17) is 6.42 Å². The Labute approximate surface area is 146 Å². The number of allylic oxidation sites excluding steroid dienone is 2. The maximum Gasteiger partial charge on any atom is 0.00117 e. The summed E-state index contributed by atoms with van der Waals surface area (Å²) in [6, 6.07) is 0. The van der Waals surface area contributed by atoms with Crippen LogP contribution in [0.1, 0.15) is 54.9 Å². The summed E-state index contributed by atoms with van der Waals surface area (Å²) in [5.41, 5.74) is 8.13. The van der Waals surface area contributed by atoms with Gasteiger partial charge in [-0.2, -0.15) is 22.7 Å². The first-order valence-electron chi connectivity index (χ1n) is 8.29. The zero-order valence-corrected chi connectivity index (χ0v) is 15.0. The number of rotatable bonds is 1. The first-order valence-corrected chi connectivity index (χ1v) is 10.2. The van der Waals surface area contributed by atoms with Crippen LogP contribution in [0.15, 0.2) is 27.6 Å². The van der Waals surface area contributed by atoms with Gasteiger partial charge in [0, 0.05) is 16.7 Å². The first kappa shape index (κ1) is 15.0. The van der Waals surface area contributed by atoms with Crippen LogP contribution in [0.25, 0.3) is 17.2 Å². The van der Waals surface area contributed by atoms with Crippen molar-refractivity contribution in [3.8, 4) is 12.3 Å². The Balaban J connectivity index is 1.86. The molecule has 0 unspecified atom stereocenters. The van der Waals surface area contributed by atoms with E-state index < -0.39 is 0 Å². The van der Waals surface area contributed by atoms with E-state index in [9.17, 15) is 0 Å². The summed E-state index contributed by atoms with van der Waals surface area (Å²) in [6.45, 7) is 2.39. The van der Waals surface area contributed by atoms with Crippen molar-refractivity contribution in [3.05, 3.63) is 49.9 Å². The Morgan fingerprint density at radius 3 is 2.48 bits per heavy atom. The standard InChI is InChI=1S/C21H20S2/c1-3-4-17-19-11-22-10-16(19)9-18(21-13-23-12-20(17)21)15-7-5-14(2)6-8-15/h1,4,9-15H,5-8H2,2H3/b17-4-. The second-order valence-corrected chi connectivity index (χ2v) is 8.21. The molecular formula is C21H20S2. The van der Waals surface area contributed by atoms with Gasteiger partial charge >= 0.3 is 0 Å². The lowest BCUT2D eigenvalue weighted by atomic mass is 9.77. The molecule has 2 aliphatic carbocycles. The van der Waals surface area contributed by atoms with Crippen molar-refractivity contribution in [2.45, 2.75) is 32.6 Å². The SMILES string of the molecule is C#C/C=C1/c2cscc2C=C(C2CCC(C)CC2)c2cscc21. The molecule has 2 aromatic rings. The molecular weight excluding hydrogens is 316 g/mol. The lowest BCUT2D eigenvalue weighted by Crippen LogP contribution is -2.13. The van der Waals surface area contributed by atoms with Gasteiger partial charge in [0.2, 0.25) is 0 Å². The van der Waals surface area contributed by atoms with Crippen molar-refractivity contribution < 1.29 is 0 Å². The van der Waals surface area contributed by atoms with E-state index in [0.717, 1.165) is 5.92 Å². The van der Waals surface area contributed by atoms with E-state index in [1.807, 2.05) is 6.08 Å². The Morgan fingerprint density at radius 1 is 1.00 bits per heavy atom. The molecule has 0 nitrogen and oxygen atoms in total. The smallest absolute Gasteiger partial charge is 0.00117 e. The fourth-order valence-corrected chi connectivity index (χ4v) is 5.57. The molecule has 0 bridgehead atoms. The summed E-state index contributed by atoms with van der Waals surface area (Å²) >= 11 is 3.56. The molecule has 2 aromatic heterocycles. The molecule has 0 atom stereocenters. The number of fused-ring (bicyclic) bond motifs is 2. The van der Waals surface area contributed by atoms with Gasteiger partial charge in [0.05, 0.1) is 0 Å². The molecule has 0 amide bonds. The topological polar surface area (TPSA) is 0 Å². The van der Waals surface area contributed by atoms with E-state index in [0.29, 0.717) is 5.92 Å². The van der Waals surface area contributed by atoms with Crippen molar-refractivity contribution in [1.29, 1.82) is 0 Å². The zero-order chi connectivity index (χ0) is 15.8. The van der Waals surface area contributed by atoms with Gasteiger partial charge in [-0.05, 0) is 75.0 Å². The molecule has 0 spiro atoms. The highest BCUT2D eigenvalue weighted by Crippen LogP contribution is 2.46. The van der Waals surface area contributed by atoms with Crippen molar-refractivity contribution in [2.75, 3.05) is 0 Å². The maximum atomic E-state index is 5.62. The summed E-state index contributed by atoms with van der Waals surface area (Å²) < 4.78 is 0. The third-order valence-electron chi connectivity index (χ3n) is 5.24. The minimum atomic E-state index is 0.692. The summed E-state index contributed by atoms with van der Waals surface area (Å²) in [5.74, 6) is 4.33. The number of hydrogen-bond acceptors (Lipinski definition) is 2. The Kier molecular flexibility index (Phi) is 4.01. The van der Waals surface area contributed by atoms with E-state index in [-0.39, 0.29) is 0 Å². The summed E-state index contributed by atoms with van der Waals surface area (Å²) in [6.07, 6.45) is 15.3. The van der Waals surface area contributed by atoms with Crippen molar-refractivity contribution in [1.82, 2.24) is 0 Å². The Bertz CT molecular complexity index is 814. The van der Waals surface area contributed by atoms with Crippen molar-refractivity contribution >= 4 is 39.9 Å². The third-order valence-corrected chi connectivity index (χ3v) is 6.74. The van der Waals surface area contributed by atoms with Gasteiger partial charge in [-0.15, -0.1) is 6.42 Å². The molecule has 0 radical (unpaired) electrons. The Morgan fingerprint density at radius 2 is 1.70 bits per heavy atom. The van der Waals surface area contributed by atoms with Crippen LogP contribution in [0.2, 0.25) is 0 Å². The van der Waals surface area contributed by atoms with Crippen molar-refractivity contribution in [3.63, 3.8) is 0 Å². The van der Waals surface area contributed by atoms with Crippen LogP contribution in [0.3, 0.4) is 0 Å². The van der Waals surface area contributed by atoms with E-state index in [1.165, 1.54) is 59.1 Å². The number of terminal acetylenes is 1. The molecule has 0 N–H and O–H groups in total. The van der Waals surface area contributed by atoms with E-state index in [2.05, 4.69) is 40.4 Å². The van der Waals surface area contributed by atoms with Crippen LogP contribution in [0.4, 0.5) is 0 Å². The number of hydrogen-bond donors (Lipinski definition) is 0. The van der Waals surface area contributed by atoms with Gasteiger partial charge in [0.25, 0.3) is 0 Å². The molecule has 116 valence electrons. The Hall–Kier alpha value is -1.56. The molecule has 23 heavy (non-hydrogen) atoms. The summed E-state index contributed by atoms with van der Waals surface area (Å²) in [4.78, 5) is 0. The summed E-state index contributed by atoms with van der Waals surface area (Å²) in [7, 11) is 0. The molecule has 2 heteroatoms. The monoisotopic (exact) mass is 336 g/mol. The van der Waals surface area contributed by atoms with Gasteiger partial charge in [0.1, 0.15) is 0 Å². The molecule has 1 fully saturated rings. The van der Waals surface area contributed by atoms with Crippen molar-refractivity contribution in [2.24, 2.45) is 11.8 Å². The normalized spacial score (nSPS) is 25.2. The third kappa shape index (κ3) is 2.63. The first-order chi connectivity index (χ1) is 11.3. The van der Waals surface area contributed by atoms with Gasteiger partial charge in [-0.25, -0.2) is 0 Å². The van der Waals surface area contributed by atoms with Gasteiger partial charge in [0.15, 0.2) is 0 Å². The van der Waals surface area contributed by atoms with Crippen LogP contribution in [-0.2, 0) is 0 Å². The van der Waals surface area contributed by atoms with Crippen LogP contribution < -0.4 is 0 Å². The van der Waals surface area contributed by atoms with Crippen LogP contribution >= 0.6 is 22.7 Å². The highest BCUT2D eigenvalue weighted by Gasteiger charge is 2.27. The molecule has 0 saturated heterocycles. The van der Waals surface area contributed by atoms with Gasteiger partial charge in [-0.3, -0.25) is 0 Å². The van der Waals surface area contributed by atoms with Crippen LogP contribution in [-0.4, -0.2) is 0 Å². The fourth-order valence-electron chi connectivity index (χ4n) is 3.90. The van der Waals surface area contributed by atoms with Gasteiger partial charge in [-0.1, -0.05) is 25.7 Å². The average molecular weight is 337 g/mol. The quantitative estimate of drug-likeness (QED) is 0.518. The fraction of sp³-hybridized carbons (Fsp3) is 0.333. The van der Waals surface area contributed by atoms with Crippen LogP contribution in [0.5, 0.6) is 0 Å². The van der Waals surface area contributed by atoms with Crippen LogP contribution in [0, 0.1) is 24.2 Å². The molecule has 2 aliphatic rings. The molecule has 1 saturated carbocycles. The highest BCUT2D eigenvalue weighted by molar-refractivity contribution is 7.08. The van der Waals surface area contributed by atoms with E-state index >= 15 is 0 Å². The minimum Gasteiger partial charge on any atom is -0.151 e. The lowest BCUT2D eigenvalue weighted by Gasteiger charge is -2.28. The minimum absolute atomic E-state index is 0.692. The average Bonchev–Trinajstić information content (AvgIpc) is 3.19. The zero-order valence-electron chi connectivity index (χ0n) is 13.3. The predicted octanol–water partition coefficient (Wildman–Crippen LogP) is 6.55. The van der Waals surface area contributed by atoms with Gasteiger partial charge < -0.3 is 0 Å².